The quantitative estimate of drug-likeness (QED) is 0.763. The highest BCUT2D eigenvalue weighted by atomic mass is 19.1. The van der Waals surface area contributed by atoms with Crippen LogP contribution in [0, 0.1) is 5.82 Å². The van der Waals surface area contributed by atoms with Crippen LogP contribution < -0.4 is 5.73 Å². The standard InChI is InChI=1S/C11H13FN4/c1-6(2)10-14-11(16-15-10)8-5-7(12)3-4-9(8)13/h3-6H,13H2,1-2H3,(H,14,15,16). The van der Waals surface area contributed by atoms with E-state index in [-0.39, 0.29) is 11.7 Å². The number of aromatic amines is 1. The molecular formula is C11H13FN4. The monoisotopic (exact) mass is 220 g/mol. The Kier molecular flexibility index (Phi) is 2.60. The molecule has 3 N–H and O–H groups in total. The van der Waals surface area contributed by atoms with Gasteiger partial charge in [0.05, 0.1) is 0 Å². The smallest absolute Gasteiger partial charge is 0.183 e. The number of aromatic nitrogens is 3. The minimum absolute atomic E-state index is 0.246. The zero-order valence-corrected chi connectivity index (χ0v) is 9.16. The van der Waals surface area contributed by atoms with Gasteiger partial charge < -0.3 is 5.73 Å². The molecule has 0 bridgehead atoms. The number of nitrogen functional groups attached to an aromatic ring is 1. The Balaban J connectivity index is 2.46. The molecule has 5 heteroatoms. The number of H-pyrrole nitrogens is 1. The fraction of sp³-hybridized carbons (Fsp3) is 0.273. The van der Waals surface area contributed by atoms with E-state index >= 15 is 0 Å². The molecule has 84 valence electrons. The van der Waals surface area contributed by atoms with Crippen molar-refractivity contribution in [3.8, 4) is 11.4 Å². The minimum Gasteiger partial charge on any atom is -0.398 e. The van der Waals surface area contributed by atoms with Gasteiger partial charge in [-0.2, -0.15) is 5.10 Å². The number of nitrogens with one attached hydrogen (secondary N) is 1. The number of nitrogens with two attached hydrogens (primary N) is 1. The van der Waals surface area contributed by atoms with Crippen molar-refractivity contribution in [2.75, 3.05) is 5.73 Å². The van der Waals surface area contributed by atoms with Gasteiger partial charge in [-0.25, -0.2) is 9.37 Å². The molecule has 0 radical (unpaired) electrons. The lowest BCUT2D eigenvalue weighted by atomic mass is 10.1. The summed E-state index contributed by atoms with van der Waals surface area (Å²) >= 11 is 0. The first-order valence-electron chi connectivity index (χ1n) is 5.05. The predicted octanol–water partition coefficient (Wildman–Crippen LogP) is 2.32. The Morgan fingerprint density at radius 3 is 2.75 bits per heavy atom. The van der Waals surface area contributed by atoms with Crippen LogP contribution in [-0.4, -0.2) is 15.2 Å². The van der Waals surface area contributed by atoms with Gasteiger partial charge in [-0.3, -0.25) is 5.10 Å². The van der Waals surface area contributed by atoms with E-state index in [9.17, 15) is 4.39 Å². The van der Waals surface area contributed by atoms with Crippen LogP contribution in [0.25, 0.3) is 11.4 Å². The molecule has 2 aromatic rings. The maximum atomic E-state index is 13.1. The van der Waals surface area contributed by atoms with Crippen molar-refractivity contribution in [3.63, 3.8) is 0 Å². The van der Waals surface area contributed by atoms with Crippen LogP contribution in [0.15, 0.2) is 18.2 Å². The highest BCUT2D eigenvalue weighted by Gasteiger charge is 2.11. The van der Waals surface area contributed by atoms with Crippen molar-refractivity contribution >= 4 is 5.69 Å². The van der Waals surface area contributed by atoms with Crippen molar-refractivity contribution in [3.05, 3.63) is 29.8 Å². The van der Waals surface area contributed by atoms with Crippen LogP contribution in [0.4, 0.5) is 10.1 Å². The van der Waals surface area contributed by atoms with Gasteiger partial charge in [-0.15, -0.1) is 0 Å². The Morgan fingerprint density at radius 1 is 1.38 bits per heavy atom. The highest BCUT2D eigenvalue weighted by molar-refractivity contribution is 5.71. The van der Waals surface area contributed by atoms with E-state index in [1.54, 1.807) is 0 Å². The van der Waals surface area contributed by atoms with Gasteiger partial charge >= 0.3 is 0 Å². The van der Waals surface area contributed by atoms with Gasteiger partial charge in [0.25, 0.3) is 0 Å². The maximum absolute atomic E-state index is 13.1. The lowest BCUT2D eigenvalue weighted by Gasteiger charge is -2.00. The topological polar surface area (TPSA) is 67.6 Å². The summed E-state index contributed by atoms with van der Waals surface area (Å²) in [5.41, 5.74) is 6.73. The molecule has 0 saturated carbocycles. The first-order chi connectivity index (χ1) is 7.58. The largest absolute Gasteiger partial charge is 0.398 e. The first kappa shape index (κ1) is 10.6. The third-order valence-electron chi connectivity index (χ3n) is 2.31. The maximum Gasteiger partial charge on any atom is 0.183 e. The third kappa shape index (κ3) is 1.88. The SMILES string of the molecule is CC(C)c1nc(-c2cc(F)ccc2N)n[nH]1. The van der Waals surface area contributed by atoms with Crippen molar-refractivity contribution < 1.29 is 4.39 Å². The van der Waals surface area contributed by atoms with Gasteiger partial charge in [-0.1, -0.05) is 13.8 Å². The van der Waals surface area contributed by atoms with Gasteiger partial charge in [0.15, 0.2) is 5.82 Å². The number of rotatable bonds is 2. The molecule has 4 nitrogen and oxygen atoms in total. The highest BCUT2D eigenvalue weighted by Crippen LogP contribution is 2.24. The summed E-state index contributed by atoms with van der Waals surface area (Å²) in [6.45, 7) is 4.00. The molecule has 0 atom stereocenters. The van der Waals surface area contributed by atoms with E-state index in [4.69, 9.17) is 5.73 Å². The Labute approximate surface area is 92.7 Å². The summed E-state index contributed by atoms with van der Waals surface area (Å²) in [6.07, 6.45) is 0. The van der Waals surface area contributed by atoms with Gasteiger partial charge in [-0.05, 0) is 18.2 Å². The van der Waals surface area contributed by atoms with E-state index in [0.717, 1.165) is 5.82 Å². The van der Waals surface area contributed by atoms with Crippen LogP contribution in [0.1, 0.15) is 25.6 Å². The minimum atomic E-state index is -0.347. The predicted molar refractivity (Wildman–Crippen MR) is 60.3 cm³/mol. The molecule has 1 aromatic carbocycles. The second kappa shape index (κ2) is 3.92. The van der Waals surface area contributed by atoms with Crippen molar-refractivity contribution in [2.24, 2.45) is 0 Å². The summed E-state index contributed by atoms with van der Waals surface area (Å²) in [4.78, 5) is 4.27. The van der Waals surface area contributed by atoms with Crippen molar-refractivity contribution in [2.45, 2.75) is 19.8 Å². The Hall–Kier alpha value is -1.91. The molecule has 0 aliphatic rings. The van der Waals surface area contributed by atoms with Crippen LogP contribution in [0.2, 0.25) is 0 Å². The molecule has 0 amide bonds. The van der Waals surface area contributed by atoms with Crippen LogP contribution in [0.5, 0.6) is 0 Å². The number of benzene rings is 1. The summed E-state index contributed by atoms with van der Waals surface area (Å²) in [5, 5.41) is 6.84. The Morgan fingerprint density at radius 2 is 2.12 bits per heavy atom. The van der Waals surface area contributed by atoms with E-state index in [1.165, 1.54) is 18.2 Å². The Bertz CT molecular complexity index is 504. The van der Waals surface area contributed by atoms with Gasteiger partial charge in [0.1, 0.15) is 11.6 Å². The van der Waals surface area contributed by atoms with E-state index in [0.29, 0.717) is 17.1 Å². The fourth-order valence-electron chi connectivity index (χ4n) is 1.38. The van der Waals surface area contributed by atoms with Gasteiger partial charge in [0, 0.05) is 17.2 Å². The van der Waals surface area contributed by atoms with E-state index in [2.05, 4.69) is 15.2 Å². The summed E-state index contributed by atoms with van der Waals surface area (Å²) < 4.78 is 13.1. The fourth-order valence-corrected chi connectivity index (χ4v) is 1.38. The summed E-state index contributed by atoms with van der Waals surface area (Å²) in [7, 11) is 0. The first-order valence-corrected chi connectivity index (χ1v) is 5.05. The second-order valence-corrected chi connectivity index (χ2v) is 3.93. The number of halogens is 1. The lowest BCUT2D eigenvalue weighted by molar-refractivity contribution is 0.628. The molecule has 1 heterocycles. The molecule has 0 spiro atoms. The molecule has 2 rings (SSSR count). The molecule has 0 saturated heterocycles. The summed E-state index contributed by atoms with van der Waals surface area (Å²) in [6, 6.07) is 4.16. The zero-order valence-electron chi connectivity index (χ0n) is 9.16. The third-order valence-corrected chi connectivity index (χ3v) is 2.31. The van der Waals surface area contributed by atoms with E-state index < -0.39 is 0 Å². The van der Waals surface area contributed by atoms with Gasteiger partial charge in [0.2, 0.25) is 0 Å². The number of hydrogen-bond donors (Lipinski definition) is 2. The molecule has 0 aliphatic carbocycles. The number of anilines is 1. The molecule has 16 heavy (non-hydrogen) atoms. The lowest BCUT2D eigenvalue weighted by Crippen LogP contribution is -1.93. The van der Waals surface area contributed by atoms with Crippen LogP contribution in [0.3, 0.4) is 0 Å². The van der Waals surface area contributed by atoms with Crippen LogP contribution in [-0.2, 0) is 0 Å². The molecular weight excluding hydrogens is 207 g/mol. The zero-order chi connectivity index (χ0) is 11.7. The average Bonchev–Trinajstić information content (AvgIpc) is 2.70. The normalized spacial score (nSPS) is 11.0. The van der Waals surface area contributed by atoms with Crippen molar-refractivity contribution in [1.29, 1.82) is 0 Å². The average molecular weight is 220 g/mol. The molecule has 0 unspecified atom stereocenters. The second-order valence-electron chi connectivity index (χ2n) is 3.93. The summed E-state index contributed by atoms with van der Waals surface area (Å²) in [5.74, 6) is 1.09. The van der Waals surface area contributed by atoms with E-state index in [1.807, 2.05) is 13.8 Å². The molecule has 0 aliphatic heterocycles. The van der Waals surface area contributed by atoms with Crippen LogP contribution >= 0.6 is 0 Å². The van der Waals surface area contributed by atoms with Crippen molar-refractivity contribution in [1.82, 2.24) is 15.2 Å². The number of hydrogen-bond acceptors (Lipinski definition) is 3. The molecule has 1 aromatic heterocycles. The molecule has 0 fully saturated rings. The number of nitrogens with zero attached hydrogens (tertiary/aromatic N) is 2.